The number of carbonyl (C=O) groups is 2. The lowest BCUT2D eigenvalue weighted by molar-refractivity contribution is 0.0686. The summed E-state index contributed by atoms with van der Waals surface area (Å²) < 4.78 is 0. The lowest BCUT2D eigenvalue weighted by Gasteiger charge is -2.32. The zero-order valence-corrected chi connectivity index (χ0v) is 14.9. The number of nitrogens with zero attached hydrogens (tertiary/aromatic N) is 2. The molecule has 0 unspecified atom stereocenters. The number of aromatic nitrogens is 2. The largest absolute Gasteiger partial charge is 0.478 e. The molecule has 1 aliphatic rings. The van der Waals surface area contributed by atoms with Crippen LogP contribution in [0.2, 0.25) is 0 Å². The van der Waals surface area contributed by atoms with Crippen molar-refractivity contribution in [2.45, 2.75) is 19.3 Å². The van der Waals surface area contributed by atoms with Gasteiger partial charge in [-0.25, -0.2) is 4.79 Å². The molecule has 2 heterocycles. The van der Waals surface area contributed by atoms with Gasteiger partial charge < -0.3 is 10.0 Å². The van der Waals surface area contributed by atoms with Crippen LogP contribution in [0.4, 0.5) is 0 Å². The van der Waals surface area contributed by atoms with E-state index < -0.39 is 5.97 Å². The Labute approximate surface area is 156 Å². The van der Waals surface area contributed by atoms with Crippen LogP contribution in [-0.2, 0) is 6.42 Å². The number of hydrogen-bond donors (Lipinski definition) is 2. The number of amides is 1. The first-order valence-corrected chi connectivity index (χ1v) is 9.17. The molecule has 27 heavy (non-hydrogen) atoms. The van der Waals surface area contributed by atoms with Crippen molar-refractivity contribution in [2.24, 2.45) is 5.92 Å². The van der Waals surface area contributed by atoms with Gasteiger partial charge in [0.25, 0.3) is 5.91 Å². The third-order valence-electron chi connectivity index (χ3n) is 5.33. The number of carboxylic acids is 1. The molecule has 0 bridgehead atoms. The molecule has 6 heteroatoms. The molecule has 3 aromatic rings. The summed E-state index contributed by atoms with van der Waals surface area (Å²) in [5.74, 6) is -0.550. The van der Waals surface area contributed by atoms with Crippen LogP contribution < -0.4 is 0 Å². The van der Waals surface area contributed by atoms with E-state index in [1.165, 1.54) is 0 Å². The first-order valence-electron chi connectivity index (χ1n) is 9.17. The van der Waals surface area contributed by atoms with Gasteiger partial charge >= 0.3 is 5.97 Å². The number of para-hydroxylation sites is 1. The molecular weight excluding hydrogens is 342 g/mol. The third kappa shape index (κ3) is 3.43. The van der Waals surface area contributed by atoms with Gasteiger partial charge in [0.1, 0.15) is 0 Å². The first-order chi connectivity index (χ1) is 13.1. The van der Waals surface area contributed by atoms with E-state index in [4.69, 9.17) is 0 Å². The van der Waals surface area contributed by atoms with Gasteiger partial charge in [-0.05, 0) is 42.9 Å². The standard InChI is InChI=1S/C21H21N3O3/c25-20(19-17-7-3-4-8-18(17)22-23-19)24-11-9-14(10-12-24)13-15-5-1-2-6-16(15)21(26)27/h1-8,14H,9-13H2,(H,22,23)(H,26,27). The number of benzene rings is 2. The average Bonchev–Trinajstić information content (AvgIpc) is 3.12. The van der Waals surface area contributed by atoms with Crippen molar-refractivity contribution in [3.05, 3.63) is 65.4 Å². The Balaban J connectivity index is 1.42. The SMILES string of the molecule is O=C(O)c1ccccc1CC1CCN(C(=O)c2n[nH]c3ccccc23)CC1. The van der Waals surface area contributed by atoms with Crippen LogP contribution in [0.3, 0.4) is 0 Å². The molecule has 0 saturated carbocycles. The monoisotopic (exact) mass is 363 g/mol. The van der Waals surface area contributed by atoms with Gasteiger partial charge in [-0.2, -0.15) is 5.10 Å². The van der Waals surface area contributed by atoms with Gasteiger partial charge in [0.2, 0.25) is 0 Å². The summed E-state index contributed by atoms with van der Waals surface area (Å²) in [5.41, 5.74) is 2.58. The molecule has 0 atom stereocenters. The number of aromatic carboxylic acids is 1. The first kappa shape index (κ1) is 17.3. The van der Waals surface area contributed by atoms with Crippen molar-refractivity contribution < 1.29 is 14.7 Å². The minimum Gasteiger partial charge on any atom is -0.478 e. The highest BCUT2D eigenvalue weighted by Gasteiger charge is 2.27. The summed E-state index contributed by atoms with van der Waals surface area (Å²) >= 11 is 0. The maximum atomic E-state index is 12.8. The van der Waals surface area contributed by atoms with Crippen molar-refractivity contribution in [3.8, 4) is 0 Å². The Bertz CT molecular complexity index is 987. The molecule has 0 aliphatic carbocycles. The minimum absolute atomic E-state index is 0.0446. The van der Waals surface area contributed by atoms with Crippen molar-refractivity contribution >= 4 is 22.8 Å². The number of rotatable bonds is 4. The van der Waals surface area contributed by atoms with E-state index in [1.807, 2.05) is 41.3 Å². The van der Waals surface area contributed by atoms with Crippen LogP contribution in [0, 0.1) is 5.92 Å². The van der Waals surface area contributed by atoms with Crippen molar-refractivity contribution in [1.82, 2.24) is 15.1 Å². The highest BCUT2D eigenvalue weighted by Crippen LogP contribution is 2.25. The number of nitrogens with one attached hydrogen (secondary N) is 1. The zero-order valence-electron chi connectivity index (χ0n) is 14.9. The number of hydrogen-bond acceptors (Lipinski definition) is 3. The molecule has 138 valence electrons. The summed E-state index contributed by atoms with van der Waals surface area (Å²) in [6, 6.07) is 14.8. The van der Waals surface area contributed by atoms with Gasteiger partial charge in [0.05, 0.1) is 11.1 Å². The number of carbonyl (C=O) groups excluding carboxylic acids is 1. The zero-order chi connectivity index (χ0) is 18.8. The van der Waals surface area contributed by atoms with Crippen LogP contribution in [0.25, 0.3) is 10.9 Å². The molecule has 2 N–H and O–H groups in total. The van der Waals surface area contributed by atoms with Crippen molar-refractivity contribution in [1.29, 1.82) is 0 Å². The number of fused-ring (bicyclic) bond motifs is 1. The average molecular weight is 363 g/mol. The van der Waals surface area contributed by atoms with Crippen LogP contribution in [-0.4, -0.2) is 45.2 Å². The molecule has 1 amide bonds. The van der Waals surface area contributed by atoms with Crippen LogP contribution >= 0.6 is 0 Å². The van der Waals surface area contributed by atoms with E-state index >= 15 is 0 Å². The highest BCUT2D eigenvalue weighted by atomic mass is 16.4. The van der Waals surface area contributed by atoms with Gasteiger partial charge in [-0.3, -0.25) is 9.89 Å². The molecule has 1 aromatic heterocycles. The lowest BCUT2D eigenvalue weighted by atomic mass is 9.88. The predicted molar refractivity (Wildman–Crippen MR) is 102 cm³/mol. The Hall–Kier alpha value is -3.15. The fourth-order valence-electron chi connectivity index (χ4n) is 3.83. The summed E-state index contributed by atoms with van der Waals surface area (Å²) in [6.07, 6.45) is 2.46. The van der Waals surface area contributed by atoms with Gasteiger partial charge in [-0.15, -0.1) is 0 Å². The van der Waals surface area contributed by atoms with E-state index in [-0.39, 0.29) is 5.91 Å². The van der Waals surface area contributed by atoms with Crippen molar-refractivity contribution in [2.75, 3.05) is 13.1 Å². The molecule has 0 spiro atoms. The topological polar surface area (TPSA) is 86.3 Å². The molecule has 2 aromatic carbocycles. The summed E-state index contributed by atoms with van der Waals surface area (Å²) in [7, 11) is 0. The number of H-pyrrole nitrogens is 1. The molecule has 1 fully saturated rings. The normalized spacial score (nSPS) is 15.2. The maximum absolute atomic E-state index is 12.8. The fourth-order valence-corrected chi connectivity index (χ4v) is 3.83. The van der Waals surface area contributed by atoms with Gasteiger partial charge in [0.15, 0.2) is 5.69 Å². The summed E-state index contributed by atoms with van der Waals surface area (Å²) in [5, 5.41) is 17.3. The van der Waals surface area contributed by atoms with Crippen molar-refractivity contribution in [3.63, 3.8) is 0 Å². The third-order valence-corrected chi connectivity index (χ3v) is 5.33. The van der Waals surface area contributed by atoms with E-state index in [9.17, 15) is 14.7 Å². The molecule has 1 saturated heterocycles. The van der Waals surface area contributed by atoms with Crippen LogP contribution in [0.1, 0.15) is 39.3 Å². The predicted octanol–water partition coefficient (Wildman–Crippen LogP) is 3.36. The second-order valence-corrected chi connectivity index (χ2v) is 7.02. The van der Waals surface area contributed by atoms with E-state index in [2.05, 4.69) is 10.2 Å². The number of aromatic amines is 1. The Morgan fingerprint density at radius 1 is 1.07 bits per heavy atom. The molecule has 1 aliphatic heterocycles. The number of carboxylic acid groups (broad SMARTS) is 1. The Morgan fingerprint density at radius 2 is 1.78 bits per heavy atom. The Morgan fingerprint density at radius 3 is 2.56 bits per heavy atom. The number of piperidine rings is 1. The molecular formula is C21H21N3O3. The quantitative estimate of drug-likeness (QED) is 0.744. The van der Waals surface area contributed by atoms with Gasteiger partial charge in [-0.1, -0.05) is 36.4 Å². The fraction of sp³-hybridized carbons (Fsp3) is 0.286. The molecule has 4 rings (SSSR count). The smallest absolute Gasteiger partial charge is 0.335 e. The van der Waals surface area contributed by atoms with E-state index in [0.29, 0.717) is 30.3 Å². The van der Waals surface area contributed by atoms with E-state index in [1.54, 1.807) is 12.1 Å². The second kappa shape index (κ2) is 7.23. The van der Waals surface area contributed by atoms with Crippen LogP contribution in [0.5, 0.6) is 0 Å². The number of likely N-dealkylation sites (tertiary alicyclic amines) is 1. The summed E-state index contributed by atoms with van der Waals surface area (Å²) in [6.45, 7) is 1.33. The highest BCUT2D eigenvalue weighted by molar-refractivity contribution is 6.04. The lowest BCUT2D eigenvalue weighted by Crippen LogP contribution is -2.39. The second-order valence-electron chi connectivity index (χ2n) is 7.02. The summed E-state index contributed by atoms with van der Waals surface area (Å²) in [4.78, 5) is 26.1. The van der Waals surface area contributed by atoms with E-state index in [0.717, 1.165) is 35.7 Å². The molecule has 6 nitrogen and oxygen atoms in total. The van der Waals surface area contributed by atoms with Crippen LogP contribution in [0.15, 0.2) is 48.5 Å². The Kier molecular flexibility index (Phi) is 4.62. The maximum Gasteiger partial charge on any atom is 0.335 e. The molecule has 0 radical (unpaired) electrons. The minimum atomic E-state index is -0.886. The van der Waals surface area contributed by atoms with Gasteiger partial charge in [0, 0.05) is 18.5 Å².